The predicted molar refractivity (Wildman–Crippen MR) is 50.6 cm³/mol. The lowest BCUT2D eigenvalue weighted by molar-refractivity contribution is 0.758. The summed E-state index contributed by atoms with van der Waals surface area (Å²) in [5.41, 5.74) is 1.26. The van der Waals surface area contributed by atoms with Crippen molar-refractivity contribution in [3.63, 3.8) is 0 Å². The second-order valence-electron chi connectivity index (χ2n) is 2.34. The van der Waals surface area contributed by atoms with E-state index in [9.17, 15) is 0 Å². The molecule has 0 aromatic carbocycles. The lowest BCUT2D eigenvalue weighted by Gasteiger charge is -1.99. The fraction of sp³-hybridized carbons (Fsp3) is 0.250. The van der Waals surface area contributed by atoms with Gasteiger partial charge in [0, 0.05) is 30.0 Å². The zero-order valence-corrected chi connectivity index (χ0v) is 7.82. The number of aromatic amines is 1. The summed E-state index contributed by atoms with van der Waals surface area (Å²) in [6.45, 7) is 5.41. The summed E-state index contributed by atoms with van der Waals surface area (Å²) >= 11 is 3.27. The molecule has 2 nitrogen and oxygen atoms in total. The molecule has 60 valence electrons. The highest BCUT2D eigenvalue weighted by atomic mass is 79.9. The molecule has 1 heterocycles. The Morgan fingerprint density at radius 2 is 2.55 bits per heavy atom. The number of rotatable bonds is 4. The van der Waals surface area contributed by atoms with E-state index < -0.39 is 0 Å². The van der Waals surface area contributed by atoms with E-state index in [1.807, 2.05) is 18.5 Å². The van der Waals surface area contributed by atoms with Crippen molar-refractivity contribution < 1.29 is 0 Å². The van der Waals surface area contributed by atoms with Gasteiger partial charge >= 0.3 is 0 Å². The van der Waals surface area contributed by atoms with Gasteiger partial charge in [0.15, 0.2) is 0 Å². The summed E-state index contributed by atoms with van der Waals surface area (Å²) in [6.07, 6.45) is 3.89. The number of nitrogens with one attached hydrogen (secondary N) is 2. The summed E-state index contributed by atoms with van der Waals surface area (Å²) in [6, 6.07) is 2.05. The molecular weight excluding hydrogens is 204 g/mol. The Labute approximate surface area is 74.8 Å². The highest BCUT2D eigenvalue weighted by Gasteiger charge is 1.91. The molecule has 0 spiro atoms. The Hall–Kier alpha value is -0.540. The van der Waals surface area contributed by atoms with Crippen LogP contribution in [0.3, 0.4) is 0 Å². The van der Waals surface area contributed by atoms with Gasteiger partial charge in [-0.25, -0.2) is 0 Å². The Kier molecular flexibility index (Phi) is 3.39. The van der Waals surface area contributed by atoms with E-state index >= 15 is 0 Å². The van der Waals surface area contributed by atoms with Crippen LogP contribution in [0.2, 0.25) is 0 Å². The molecule has 1 aromatic rings. The smallest absolute Gasteiger partial charge is 0.0268 e. The Bertz CT molecular complexity index is 216. The van der Waals surface area contributed by atoms with Crippen LogP contribution in [0.1, 0.15) is 5.56 Å². The average Bonchev–Trinajstić information content (AvgIpc) is 2.39. The van der Waals surface area contributed by atoms with Gasteiger partial charge in [0.2, 0.25) is 0 Å². The van der Waals surface area contributed by atoms with Crippen molar-refractivity contribution in [1.82, 2.24) is 10.3 Å². The number of hydrogen-bond donors (Lipinski definition) is 2. The molecule has 0 bridgehead atoms. The maximum atomic E-state index is 3.72. The minimum absolute atomic E-state index is 0.811. The summed E-state index contributed by atoms with van der Waals surface area (Å²) in [4.78, 5) is 2.99. The molecule has 0 radical (unpaired) electrons. The largest absolute Gasteiger partial charge is 0.367 e. The van der Waals surface area contributed by atoms with Crippen LogP contribution < -0.4 is 5.32 Å². The van der Waals surface area contributed by atoms with Gasteiger partial charge in [0.05, 0.1) is 0 Å². The molecule has 1 rings (SSSR count). The fourth-order valence-electron chi connectivity index (χ4n) is 0.811. The van der Waals surface area contributed by atoms with E-state index in [1.54, 1.807) is 0 Å². The summed E-state index contributed by atoms with van der Waals surface area (Å²) in [5, 5.41) is 3.22. The van der Waals surface area contributed by atoms with E-state index in [1.165, 1.54) is 5.56 Å². The molecule has 0 saturated carbocycles. The maximum Gasteiger partial charge on any atom is 0.0268 e. The third-order valence-electron chi connectivity index (χ3n) is 1.31. The molecule has 0 aliphatic carbocycles. The van der Waals surface area contributed by atoms with E-state index in [0.717, 1.165) is 17.6 Å². The summed E-state index contributed by atoms with van der Waals surface area (Å²) < 4.78 is 0.980. The van der Waals surface area contributed by atoms with Crippen LogP contribution in [0.25, 0.3) is 0 Å². The van der Waals surface area contributed by atoms with E-state index in [-0.39, 0.29) is 0 Å². The number of hydrogen-bond acceptors (Lipinski definition) is 1. The van der Waals surface area contributed by atoms with Crippen molar-refractivity contribution >= 4 is 15.9 Å². The van der Waals surface area contributed by atoms with Gasteiger partial charge in [-0.1, -0.05) is 22.5 Å². The van der Waals surface area contributed by atoms with Crippen molar-refractivity contribution in [3.8, 4) is 0 Å². The number of aromatic nitrogens is 1. The number of H-pyrrole nitrogens is 1. The van der Waals surface area contributed by atoms with Crippen molar-refractivity contribution in [2.75, 3.05) is 6.54 Å². The topological polar surface area (TPSA) is 27.8 Å². The van der Waals surface area contributed by atoms with Crippen molar-refractivity contribution in [3.05, 3.63) is 35.1 Å². The second kappa shape index (κ2) is 4.36. The second-order valence-corrected chi connectivity index (χ2v) is 3.46. The maximum absolute atomic E-state index is 3.72. The van der Waals surface area contributed by atoms with Crippen LogP contribution in [0.15, 0.2) is 29.5 Å². The lowest BCUT2D eigenvalue weighted by Crippen LogP contribution is -2.13. The number of halogens is 1. The SMILES string of the molecule is C=C(Br)CNCc1cc[nH]c1. The molecule has 0 aliphatic heterocycles. The molecule has 0 unspecified atom stereocenters. The molecule has 2 N–H and O–H groups in total. The first kappa shape index (κ1) is 8.56. The van der Waals surface area contributed by atoms with Crippen LogP contribution >= 0.6 is 15.9 Å². The van der Waals surface area contributed by atoms with Gasteiger partial charge in [-0.2, -0.15) is 0 Å². The van der Waals surface area contributed by atoms with Crippen LogP contribution in [0, 0.1) is 0 Å². The van der Waals surface area contributed by atoms with E-state index in [2.05, 4.69) is 32.8 Å². The minimum Gasteiger partial charge on any atom is -0.367 e. The van der Waals surface area contributed by atoms with E-state index in [4.69, 9.17) is 0 Å². The van der Waals surface area contributed by atoms with Crippen LogP contribution in [-0.2, 0) is 6.54 Å². The molecule has 11 heavy (non-hydrogen) atoms. The van der Waals surface area contributed by atoms with Crippen molar-refractivity contribution in [2.45, 2.75) is 6.54 Å². The van der Waals surface area contributed by atoms with Gasteiger partial charge < -0.3 is 10.3 Å². The Morgan fingerprint density at radius 1 is 1.73 bits per heavy atom. The Morgan fingerprint density at radius 3 is 3.09 bits per heavy atom. The van der Waals surface area contributed by atoms with Gasteiger partial charge in [0.1, 0.15) is 0 Å². The van der Waals surface area contributed by atoms with Crippen LogP contribution in [0.5, 0.6) is 0 Å². The zero-order chi connectivity index (χ0) is 8.10. The predicted octanol–water partition coefficient (Wildman–Crippen LogP) is 2.01. The van der Waals surface area contributed by atoms with Gasteiger partial charge in [-0.15, -0.1) is 0 Å². The first-order valence-corrected chi connectivity index (χ1v) is 4.24. The van der Waals surface area contributed by atoms with Crippen LogP contribution in [-0.4, -0.2) is 11.5 Å². The highest BCUT2D eigenvalue weighted by Crippen LogP contribution is 1.99. The molecule has 3 heteroatoms. The minimum atomic E-state index is 0.811. The summed E-state index contributed by atoms with van der Waals surface area (Å²) in [5.74, 6) is 0. The fourth-order valence-corrected chi connectivity index (χ4v) is 1.01. The first-order valence-electron chi connectivity index (χ1n) is 3.44. The third-order valence-corrected chi connectivity index (χ3v) is 1.59. The van der Waals surface area contributed by atoms with Crippen molar-refractivity contribution in [2.24, 2.45) is 0 Å². The molecule has 0 atom stereocenters. The molecular formula is C8H11BrN2. The van der Waals surface area contributed by atoms with E-state index in [0.29, 0.717) is 0 Å². The van der Waals surface area contributed by atoms with Gasteiger partial charge in [-0.05, 0) is 11.6 Å². The Balaban J connectivity index is 2.19. The molecule has 0 aliphatic rings. The molecule has 1 aromatic heterocycles. The highest BCUT2D eigenvalue weighted by molar-refractivity contribution is 9.11. The quantitative estimate of drug-likeness (QED) is 0.789. The van der Waals surface area contributed by atoms with Gasteiger partial charge in [0.25, 0.3) is 0 Å². The van der Waals surface area contributed by atoms with Gasteiger partial charge in [-0.3, -0.25) is 0 Å². The molecule has 0 fully saturated rings. The monoisotopic (exact) mass is 214 g/mol. The summed E-state index contributed by atoms with van der Waals surface area (Å²) in [7, 11) is 0. The standard InChI is InChI=1S/C8H11BrN2/c1-7(9)4-11-6-8-2-3-10-5-8/h2-3,5,10-11H,1,4,6H2. The zero-order valence-electron chi connectivity index (χ0n) is 6.23. The molecule has 0 amide bonds. The average molecular weight is 215 g/mol. The first-order chi connectivity index (χ1) is 5.29. The third kappa shape index (κ3) is 3.39. The van der Waals surface area contributed by atoms with Crippen molar-refractivity contribution in [1.29, 1.82) is 0 Å². The lowest BCUT2D eigenvalue weighted by atomic mass is 10.3. The normalized spacial score (nSPS) is 9.91. The molecule has 0 saturated heterocycles. The van der Waals surface area contributed by atoms with Crippen LogP contribution in [0.4, 0.5) is 0 Å².